The minimum atomic E-state index is 0.413. The highest BCUT2D eigenvalue weighted by atomic mass is 16.5. The second-order valence-corrected chi connectivity index (χ2v) is 4.47. The Morgan fingerprint density at radius 3 is 2.79 bits per heavy atom. The third kappa shape index (κ3) is 1.34. The molecule has 1 atom stereocenters. The van der Waals surface area contributed by atoms with E-state index in [0.29, 0.717) is 17.8 Å². The standard InChI is InChI=1S/C10H15N3O/c1-6(8-4-11-5-8)10-12-9(13-14-10)7-2-3-7/h6-8,11H,2-5H2,1H3. The summed E-state index contributed by atoms with van der Waals surface area (Å²) in [4.78, 5) is 4.47. The lowest BCUT2D eigenvalue weighted by Crippen LogP contribution is -2.44. The zero-order valence-corrected chi connectivity index (χ0v) is 8.36. The van der Waals surface area contributed by atoms with E-state index >= 15 is 0 Å². The van der Waals surface area contributed by atoms with Gasteiger partial charge in [-0.3, -0.25) is 0 Å². The van der Waals surface area contributed by atoms with Crippen molar-refractivity contribution >= 4 is 0 Å². The molecule has 1 unspecified atom stereocenters. The summed E-state index contributed by atoms with van der Waals surface area (Å²) in [5.74, 6) is 3.45. The molecule has 1 saturated heterocycles. The smallest absolute Gasteiger partial charge is 0.229 e. The van der Waals surface area contributed by atoms with E-state index < -0.39 is 0 Å². The molecular weight excluding hydrogens is 178 g/mol. The predicted molar refractivity (Wildman–Crippen MR) is 51.0 cm³/mol. The lowest BCUT2D eigenvalue weighted by atomic mass is 9.89. The van der Waals surface area contributed by atoms with Crippen LogP contribution in [-0.2, 0) is 0 Å². The minimum Gasteiger partial charge on any atom is -0.339 e. The van der Waals surface area contributed by atoms with Crippen molar-refractivity contribution in [1.82, 2.24) is 15.5 Å². The number of nitrogens with zero attached hydrogens (tertiary/aromatic N) is 2. The second-order valence-electron chi connectivity index (χ2n) is 4.47. The number of rotatable bonds is 3. The molecule has 1 aromatic rings. The maximum Gasteiger partial charge on any atom is 0.229 e. The van der Waals surface area contributed by atoms with E-state index in [-0.39, 0.29) is 0 Å². The van der Waals surface area contributed by atoms with Crippen LogP contribution in [0.15, 0.2) is 4.52 Å². The van der Waals surface area contributed by atoms with E-state index in [1.54, 1.807) is 0 Å². The van der Waals surface area contributed by atoms with Crippen molar-refractivity contribution in [3.63, 3.8) is 0 Å². The average Bonchev–Trinajstić information content (AvgIpc) is 2.81. The highest BCUT2D eigenvalue weighted by Crippen LogP contribution is 2.39. The van der Waals surface area contributed by atoms with Crippen molar-refractivity contribution in [1.29, 1.82) is 0 Å². The van der Waals surface area contributed by atoms with Crippen LogP contribution < -0.4 is 5.32 Å². The number of hydrogen-bond donors (Lipinski definition) is 1. The fourth-order valence-electron chi connectivity index (χ4n) is 1.81. The van der Waals surface area contributed by atoms with E-state index in [2.05, 4.69) is 22.4 Å². The first-order valence-electron chi connectivity index (χ1n) is 5.39. The van der Waals surface area contributed by atoms with Gasteiger partial charge in [0.25, 0.3) is 0 Å². The fraction of sp³-hybridized carbons (Fsp3) is 0.800. The summed E-state index contributed by atoms with van der Waals surface area (Å²) in [5, 5.41) is 7.30. The van der Waals surface area contributed by atoms with Crippen LogP contribution in [0.2, 0.25) is 0 Å². The molecule has 4 heteroatoms. The average molecular weight is 193 g/mol. The molecule has 14 heavy (non-hydrogen) atoms. The van der Waals surface area contributed by atoms with Crippen LogP contribution in [0.4, 0.5) is 0 Å². The van der Waals surface area contributed by atoms with Crippen molar-refractivity contribution in [2.45, 2.75) is 31.6 Å². The van der Waals surface area contributed by atoms with Gasteiger partial charge in [-0.1, -0.05) is 12.1 Å². The SMILES string of the molecule is CC(c1nc(C2CC2)no1)C1CNC1. The Kier molecular flexibility index (Phi) is 1.83. The van der Waals surface area contributed by atoms with E-state index in [0.717, 1.165) is 24.8 Å². The topological polar surface area (TPSA) is 51.0 Å². The van der Waals surface area contributed by atoms with Gasteiger partial charge in [0.1, 0.15) is 0 Å². The van der Waals surface area contributed by atoms with Gasteiger partial charge in [-0.05, 0) is 31.8 Å². The lowest BCUT2D eigenvalue weighted by Gasteiger charge is -2.30. The Morgan fingerprint density at radius 2 is 2.21 bits per heavy atom. The molecule has 1 aliphatic heterocycles. The minimum absolute atomic E-state index is 0.413. The van der Waals surface area contributed by atoms with Crippen molar-refractivity contribution < 1.29 is 4.52 Å². The quantitative estimate of drug-likeness (QED) is 0.785. The summed E-state index contributed by atoms with van der Waals surface area (Å²) in [5.41, 5.74) is 0. The van der Waals surface area contributed by atoms with E-state index in [4.69, 9.17) is 4.52 Å². The van der Waals surface area contributed by atoms with Crippen LogP contribution in [0, 0.1) is 5.92 Å². The van der Waals surface area contributed by atoms with Gasteiger partial charge in [0.05, 0.1) is 0 Å². The molecule has 3 rings (SSSR count). The molecule has 1 N–H and O–H groups in total. The highest BCUT2D eigenvalue weighted by molar-refractivity contribution is 5.06. The van der Waals surface area contributed by atoms with Crippen molar-refractivity contribution in [2.24, 2.45) is 5.92 Å². The van der Waals surface area contributed by atoms with Crippen molar-refractivity contribution in [3.8, 4) is 0 Å². The number of aromatic nitrogens is 2. The maximum absolute atomic E-state index is 5.30. The molecule has 2 fully saturated rings. The second kappa shape index (κ2) is 3.05. The van der Waals surface area contributed by atoms with Crippen LogP contribution in [0.25, 0.3) is 0 Å². The van der Waals surface area contributed by atoms with Crippen LogP contribution in [0.1, 0.15) is 43.3 Å². The Balaban J connectivity index is 1.74. The highest BCUT2D eigenvalue weighted by Gasteiger charge is 2.32. The number of nitrogens with one attached hydrogen (secondary N) is 1. The first-order valence-corrected chi connectivity index (χ1v) is 5.39. The van der Waals surface area contributed by atoms with Crippen molar-refractivity contribution in [2.75, 3.05) is 13.1 Å². The van der Waals surface area contributed by atoms with Gasteiger partial charge in [-0.25, -0.2) is 0 Å². The molecule has 2 aliphatic rings. The predicted octanol–water partition coefficient (Wildman–Crippen LogP) is 1.27. The summed E-state index contributed by atoms with van der Waals surface area (Å²) in [6.07, 6.45) is 2.47. The summed E-state index contributed by atoms with van der Waals surface area (Å²) >= 11 is 0. The van der Waals surface area contributed by atoms with Gasteiger partial charge < -0.3 is 9.84 Å². The Labute approximate surface area is 83.1 Å². The number of hydrogen-bond acceptors (Lipinski definition) is 4. The van der Waals surface area contributed by atoms with Gasteiger partial charge in [-0.15, -0.1) is 0 Å². The molecule has 4 nitrogen and oxygen atoms in total. The largest absolute Gasteiger partial charge is 0.339 e. The first kappa shape index (κ1) is 8.41. The first-order chi connectivity index (χ1) is 6.84. The Morgan fingerprint density at radius 1 is 1.43 bits per heavy atom. The monoisotopic (exact) mass is 193 g/mol. The molecule has 1 aliphatic carbocycles. The van der Waals surface area contributed by atoms with Gasteiger partial charge in [-0.2, -0.15) is 4.98 Å². The lowest BCUT2D eigenvalue weighted by molar-refractivity contribution is 0.252. The van der Waals surface area contributed by atoms with Crippen LogP contribution in [0.3, 0.4) is 0 Å². The molecule has 1 saturated carbocycles. The van der Waals surface area contributed by atoms with E-state index in [1.165, 1.54) is 12.8 Å². The van der Waals surface area contributed by atoms with Crippen molar-refractivity contribution in [3.05, 3.63) is 11.7 Å². The molecule has 0 aromatic carbocycles. The summed E-state index contributed by atoms with van der Waals surface area (Å²) < 4.78 is 5.30. The van der Waals surface area contributed by atoms with Gasteiger partial charge in [0.15, 0.2) is 5.82 Å². The summed E-state index contributed by atoms with van der Waals surface area (Å²) in [7, 11) is 0. The molecule has 0 bridgehead atoms. The third-order valence-electron chi connectivity index (χ3n) is 3.31. The van der Waals surface area contributed by atoms with Crippen LogP contribution >= 0.6 is 0 Å². The summed E-state index contributed by atoms with van der Waals surface area (Å²) in [6, 6.07) is 0. The van der Waals surface area contributed by atoms with E-state index in [1.807, 2.05) is 0 Å². The molecule has 0 spiro atoms. The molecule has 76 valence electrons. The zero-order chi connectivity index (χ0) is 9.54. The zero-order valence-electron chi connectivity index (χ0n) is 8.36. The van der Waals surface area contributed by atoms with Crippen LogP contribution in [0.5, 0.6) is 0 Å². The van der Waals surface area contributed by atoms with E-state index in [9.17, 15) is 0 Å². The van der Waals surface area contributed by atoms with Gasteiger partial charge in [0.2, 0.25) is 5.89 Å². The Bertz CT molecular complexity index is 328. The fourth-order valence-corrected chi connectivity index (χ4v) is 1.81. The van der Waals surface area contributed by atoms with Crippen LogP contribution in [-0.4, -0.2) is 23.2 Å². The molecule has 2 heterocycles. The maximum atomic E-state index is 5.30. The van der Waals surface area contributed by atoms with Gasteiger partial charge >= 0.3 is 0 Å². The molecule has 0 amide bonds. The molecule has 1 aromatic heterocycles. The third-order valence-corrected chi connectivity index (χ3v) is 3.31. The molecule has 0 radical (unpaired) electrons. The normalized spacial score (nSPS) is 24.6. The molecular formula is C10H15N3O. The summed E-state index contributed by atoms with van der Waals surface area (Å²) in [6.45, 7) is 4.35. The van der Waals surface area contributed by atoms with Gasteiger partial charge in [0, 0.05) is 11.8 Å². The Hall–Kier alpha value is -0.900.